The predicted octanol–water partition coefficient (Wildman–Crippen LogP) is 12.2. The Kier molecular flexibility index (Phi) is 5.40. The summed E-state index contributed by atoms with van der Waals surface area (Å²) in [5.74, 6) is 0. The second kappa shape index (κ2) is 9.59. The summed E-state index contributed by atoms with van der Waals surface area (Å²) in [6.45, 7) is 0. The van der Waals surface area contributed by atoms with Crippen molar-refractivity contribution in [2.75, 3.05) is 4.90 Å². The lowest BCUT2D eigenvalue weighted by Crippen LogP contribution is -2.09. The number of hydrogen-bond acceptors (Lipinski definition) is 3. The molecule has 0 fully saturated rings. The van der Waals surface area contributed by atoms with E-state index in [-0.39, 0.29) is 0 Å². The van der Waals surface area contributed by atoms with Crippen LogP contribution in [0.1, 0.15) is 0 Å². The molecule has 0 amide bonds. The molecule has 2 heterocycles. The number of para-hydroxylation sites is 2. The number of benzene rings is 7. The van der Waals surface area contributed by atoms with Gasteiger partial charge in [0.25, 0.3) is 0 Å². The van der Waals surface area contributed by atoms with Gasteiger partial charge in [0.05, 0.1) is 10.4 Å². The molecular formula is C40H25NOS. The van der Waals surface area contributed by atoms with Crippen LogP contribution in [0.5, 0.6) is 0 Å². The molecule has 0 atom stereocenters. The highest BCUT2D eigenvalue weighted by atomic mass is 32.1. The van der Waals surface area contributed by atoms with E-state index in [9.17, 15) is 0 Å². The summed E-state index contributed by atoms with van der Waals surface area (Å²) >= 11 is 1.86. The molecule has 3 heteroatoms. The Hall–Kier alpha value is -5.38. The van der Waals surface area contributed by atoms with Crippen LogP contribution in [0, 0.1) is 0 Å². The highest BCUT2D eigenvalue weighted by Gasteiger charge is 2.23. The normalized spacial score (nSPS) is 11.7. The van der Waals surface area contributed by atoms with Crippen molar-refractivity contribution in [3.8, 4) is 11.1 Å². The number of rotatable bonds is 4. The van der Waals surface area contributed by atoms with Crippen LogP contribution in [0.3, 0.4) is 0 Å². The van der Waals surface area contributed by atoms with Crippen LogP contribution in [0.25, 0.3) is 64.0 Å². The average molecular weight is 568 g/mol. The first-order valence-corrected chi connectivity index (χ1v) is 15.3. The van der Waals surface area contributed by atoms with Gasteiger partial charge in [-0.15, -0.1) is 11.3 Å². The molecule has 2 aromatic heterocycles. The van der Waals surface area contributed by atoms with Crippen LogP contribution in [0.15, 0.2) is 156 Å². The van der Waals surface area contributed by atoms with Gasteiger partial charge in [0.1, 0.15) is 11.2 Å². The Morgan fingerprint density at radius 2 is 1.02 bits per heavy atom. The van der Waals surface area contributed by atoms with Crippen molar-refractivity contribution in [2.24, 2.45) is 0 Å². The fourth-order valence-electron chi connectivity index (χ4n) is 6.52. The van der Waals surface area contributed by atoms with Crippen LogP contribution in [0.4, 0.5) is 17.1 Å². The first-order valence-electron chi connectivity index (χ1n) is 14.5. The van der Waals surface area contributed by atoms with E-state index in [1.807, 2.05) is 11.3 Å². The molecule has 0 N–H and O–H groups in total. The van der Waals surface area contributed by atoms with E-state index < -0.39 is 0 Å². The second-order valence-corrected chi connectivity index (χ2v) is 11.9. The van der Waals surface area contributed by atoms with E-state index in [4.69, 9.17) is 4.42 Å². The number of thiophene rings is 1. The van der Waals surface area contributed by atoms with E-state index in [2.05, 4.69) is 157 Å². The zero-order chi connectivity index (χ0) is 28.3. The third-order valence-corrected chi connectivity index (χ3v) is 9.71. The van der Waals surface area contributed by atoms with Gasteiger partial charge >= 0.3 is 0 Å². The van der Waals surface area contributed by atoms with Gasteiger partial charge < -0.3 is 9.32 Å². The summed E-state index contributed by atoms with van der Waals surface area (Å²) < 4.78 is 9.16. The lowest BCUT2D eigenvalue weighted by Gasteiger charge is -2.26. The largest absolute Gasteiger partial charge is 0.455 e. The first-order chi connectivity index (χ1) is 21.3. The molecule has 0 aliphatic rings. The summed E-state index contributed by atoms with van der Waals surface area (Å²) in [5.41, 5.74) is 7.72. The van der Waals surface area contributed by atoms with Gasteiger partial charge in [-0.1, -0.05) is 115 Å². The Morgan fingerprint density at radius 3 is 1.81 bits per heavy atom. The van der Waals surface area contributed by atoms with Crippen LogP contribution in [-0.4, -0.2) is 0 Å². The standard InChI is InChI=1S/C40H25NOS/c1-3-12-26(13-4-1)27-22-24-29(25-23-27)41(28-14-5-2-6-15-28)34-20-11-19-33-37-38-36(32-18-9-10-21-35(32)42-38)30-16-7-8-17-31(30)40(37)43-39(33)34/h1-25H. The van der Waals surface area contributed by atoms with Gasteiger partial charge in [-0.25, -0.2) is 0 Å². The zero-order valence-electron chi connectivity index (χ0n) is 23.2. The van der Waals surface area contributed by atoms with Crippen molar-refractivity contribution in [3.63, 3.8) is 0 Å². The number of anilines is 3. The Bertz CT molecular complexity index is 2440. The molecular weight excluding hydrogens is 543 g/mol. The van der Waals surface area contributed by atoms with Gasteiger partial charge in [0.2, 0.25) is 0 Å². The monoisotopic (exact) mass is 567 g/mol. The first kappa shape index (κ1) is 24.2. The fourth-order valence-corrected chi connectivity index (χ4v) is 7.86. The minimum Gasteiger partial charge on any atom is -0.455 e. The lowest BCUT2D eigenvalue weighted by molar-refractivity contribution is 0.673. The molecule has 2 nitrogen and oxygen atoms in total. The van der Waals surface area contributed by atoms with Gasteiger partial charge in [-0.05, 0) is 52.9 Å². The number of nitrogens with zero attached hydrogens (tertiary/aromatic N) is 1. The van der Waals surface area contributed by atoms with Gasteiger partial charge in [-0.3, -0.25) is 0 Å². The summed E-state index contributed by atoms with van der Waals surface area (Å²) in [4.78, 5) is 2.38. The summed E-state index contributed by atoms with van der Waals surface area (Å²) in [6, 6.07) is 53.9. The van der Waals surface area contributed by atoms with Crippen molar-refractivity contribution in [3.05, 3.63) is 152 Å². The van der Waals surface area contributed by atoms with E-state index in [0.717, 1.165) is 33.6 Å². The highest BCUT2D eigenvalue weighted by molar-refractivity contribution is 7.27. The fraction of sp³-hybridized carbons (Fsp3) is 0. The molecule has 9 rings (SSSR count). The summed E-state index contributed by atoms with van der Waals surface area (Å²) in [7, 11) is 0. The van der Waals surface area contributed by atoms with Crippen LogP contribution >= 0.6 is 11.3 Å². The van der Waals surface area contributed by atoms with Crippen molar-refractivity contribution in [1.29, 1.82) is 0 Å². The third kappa shape index (κ3) is 3.72. The quantitative estimate of drug-likeness (QED) is 0.210. The molecule has 0 bridgehead atoms. The SMILES string of the molecule is c1ccc(-c2ccc(N(c3ccccc3)c3cccc4c3sc3c5ccccc5c5c6ccccc6oc5c43)cc2)cc1. The third-order valence-electron chi connectivity index (χ3n) is 8.45. The second-order valence-electron chi connectivity index (χ2n) is 10.9. The van der Waals surface area contributed by atoms with Gasteiger partial charge in [0, 0.05) is 43.0 Å². The number of furan rings is 1. The molecule has 0 radical (unpaired) electrons. The maximum absolute atomic E-state index is 6.66. The average Bonchev–Trinajstić information content (AvgIpc) is 3.66. The molecule has 43 heavy (non-hydrogen) atoms. The molecule has 0 unspecified atom stereocenters. The molecule has 0 aliphatic carbocycles. The molecule has 0 aliphatic heterocycles. The number of hydrogen-bond donors (Lipinski definition) is 0. The summed E-state index contributed by atoms with van der Waals surface area (Å²) in [6.07, 6.45) is 0. The zero-order valence-corrected chi connectivity index (χ0v) is 24.0. The molecule has 0 spiro atoms. The van der Waals surface area contributed by atoms with Gasteiger partial charge in [-0.2, -0.15) is 0 Å². The van der Waals surface area contributed by atoms with E-state index in [1.165, 1.54) is 47.5 Å². The number of fused-ring (bicyclic) bond motifs is 10. The van der Waals surface area contributed by atoms with Crippen molar-refractivity contribution < 1.29 is 4.42 Å². The molecule has 0 saturated heterocycles. The van der Waals surface area contributed by atoms with Crippen LogP contribution < -0.4 is 4.90 Å². The Balaban J connectivity index is 1.34. The van der Waals surface area contributed by atoms with Gasteiger partial charge in [0.15, 0.2) is 0 Å². The highest BCUT2D eigenvalue weighted by Crippen LogP contribution is 2.50. The van der Waals surface area contributed by atoms with E-state index in [1.54, 1.807) is 0 Å². The van der Waals surface area contributed by atoms with Crippen LogP contribution in [0.2, 0.25) is 0 Å². The summed E-state index contributed by atoms with van der Waals surface area (Å²) in [5, 5.41) is 7.27. The molecule has 202 valence electrons. The lowest BCUT2D eigenvalue weighted by atomic mass is 9.99. The van der Waals surface area contributed by atoms with E-state index >= 15 is 0 Å². The predicted molar refractivity (Wildman–Crippen MR) is 184 cm³/mol. The Labute approximate surface area is 252 Å². The maximum Gasteiger partial charge on any atom is 0.145 e. The van der Waals surface area contributed by atoms with Crippen molar-refractivity contribution in [1.82, 2.24) is 0 Å². The maximum atomic E-state index is 6.66. The van der Waals surface area contributed by atoms with E-state index in [0.29, 0.717) is 0 Å². The topological polar surface area (TPSA) is 16.4 Å². The minimum atomic E-state index is 0.926. The van der Waals surface area contributed by atoms with Crippen molar-refractivity contribution >= 4 is 81.3 Å². The van der Waals surface area contributed by atoms with Crippen LogP contribution in [-0.2, 0) is 0 Å². The smallest absolute Gasteiger partial charge is 0.145 e. The molecule has 7 aromatic carbocycles. The molecule has 0 saturated carbocycles. The minimum absolute atomic E-state index is 0.926. The molecule has 9 aromatic rings. The van der Waals surface area contributed by atoms with Crippen molar-refractivity contribution in [2.45, 2.75) is 0 Å². The Morgan fingerprint density at radius 1 is 0.419 bits per heavy atom.